The first-order chi connectivity index (χ1) is 19.9. The number of rotatable bonds is 18. The molecule has 0 bridgehead atoms. The Labute approximate surface area is 253 Å². The Morgan fingerprint density at radius 3 is 1.90 bits per heavy atom. The van der Waals surface area contributed by atoms with Gasteiger partial charge in [0.05, 0.1) is 18.7 Å². The van der Waals surface area contributed by atoms with E-state index >= 15 is 0 Å². The van der Waals surface area contributed by atoms with Gasteiger partial charge in [0.25, 0.3) is 11.7 Å². The van der Waals surface area contributed by atoms with Crippen molar-refractivity contribution in [2.24, 2.45) is 0 Å². The van der Waals surface area contributed by atoms with Gasteiger partial charge in [-0.2, -0.15) is 0 Å². The lowest BCUT2D eigenvalue weighted by atomic mass is 9.95. The van der Waals surface area contributed by atoms with Gasteiger partial charge in [-0.05, 0) is 36.2 Å². The van der Waals surface area contributed by atoms with Crippen LogP contribution >= 0.6 is 15.9 Å². The molecule has 3 rings (SSSR count). The Hall–Kier alpha value is -2.80. The first kappa shape index (κ1) is 32.7. The van der Waals surface area contributed by atoms with Gasteiger partial charge in [-0.15, -0.1) is 0 Å². The molecule has 6 nitrogen and oxygen atoms in total. The minimum atomic E-state index is -0.768. The van der Waals surface area contributed by atoms with E-state index in [2.05, 4.69) is 22.9 Å². The number of carbonyl (C=O) groups excluding carboxylic acids is 2. The molecule has 1 aliphatic rings. The number of benzene rings is 2. The summed E-state index contributed by atoms with van der Waals surface area (Å²) in [6.45, 7) is 2.66. The van der Waals surface area contributed by atoms with Crippen LogP contribution in [-0.4, -0.2) is 40.5 Å². The van der Waals surface area contributed by atoms with Gasteiger partial charge in [-0.1, -0.05) is 125 Å². The van der Waals surface area contributed by atoms with Crippen LogP contribution in [0.2, 0.25) is 0 Å². The van der Waals surface area contributed by atoms with Gasteiger partial charge in [0, 0.05) is 16.6 Å². The fourth-order valence-electron chi connectivity index (χ4n) is 5.56. The number of aromatic hydroxyl groups is 1. The Morgan fingerprint density at radius 2 is 1.37 bits per heavy atom. The van der Waals surface area contributed by atoms with Crippen molar-refractivity contribution in [3.63, 3.8) is 0 Å². The lowest BCUT2D eigenvalue weighted by molar-refractivity contribution is -0.139. The van der Waals surface area contributed by atoms with Crippen molar-refractivity contribution in [2.45, 2.75) is 103 Å². The van der Waals surface area contributed by atoms with Crippen molar-refractivity contribution >= 4 is 33.4 Å². The number of hydrogen-bond donors (Lipinski definition) is 2. The molecule has 0 aliphatic carbocycles. The third-order valence-electron chi connectivity index (χ3n) is 7.93. The van der Waals surface area contributed by atoms with E-state index in [0.29, 0.717) is 17.7 Å². The van der Waals surface area contributed by atoms with Crippen molar-refractivity contribution in [1.29, 1.82) is 0 Å². The number of hydrogen-bond acceptors (Lipinski definition) is 5. The number of aliphatic hydroxyl groups excluding tert-OH is 1. The first-order valence-electron chi connectivity index (χ1n) is 15.3. The Bertz CT molecular complexity index is 1160. The summed E-state index contributed by atoms with van der Waals surface area (Å²) in [6, 6.07) is 11.0. The van der Waals surface area contributed by atoms with Gasteiger partial charge < -0.3 is 19.8 Å². The standard InChI is InChI=1S/C34H46BrNO5/c1-3-4-5-6-7-8-9-10-11-12-13-14-15-16-23-36-31(26-19-22-28(37)29(24-26)41-2)30(33(39)34(36)40)32(38)25-17-20-27(35)21-18-25/h17-22,24,31,37-38H,3-16,23H2,1-2H3. The highest BCUT2D eigenvalue weighted by atomic mass is 79.9. The lowest BCUT2D eigenvalue weighted by Crippen LogP contribution is -2.30. The highest BCUT2D eigenvalue weighted by Crippen LogP contribution is 2.42. The SMILES string of the molecule is CCCCCCCCCCCCCCCCN1C(=O)C(=O)C(=C(O)c2ccc(Br)cc2)C1c1ccc(O)c(OC)c1. The highest BCUT2D eigenvalue weighted by Gasteiger charge is 2.46. The van der Waals surface area contributed by atoms with Crippen LogP contribution in [0.4, 0.5) is 0 Å². The van der Waals surface area contributed by atoms with Gasteiger partial charge in [-0.25, -0.2) is 0 Å². The second kappa shape index (κ2) is 17.2. The molecule has 0 spiro atoms. The molecule has 1 unspecified atom stereocenters. The summed E-state index contributed by atoms with van der Waals surface area (Å²) in [7, 11) is 1.45. The molecule has 7 heteroatoms. The van der Waals surface area contributed by atoms with Crippen molar-refractivity contribution in [3.8, 4) is 11.5 Å². The number of phenolic OH excluding ortho intramolecular Hbond substituents is 1. The van der Waals surface area contributed by atoms with Crippen LogP contribution in [0.25, 0.3) is 5.76 Å². The zero-order chi connectivity index (χ0) is 29.6. The van der Waals surface area contributed by atoms with E-state index in [9.17, 15) is 19.8 Å². The Balaban J connectivity index is 1.59. The number of likely N-dealkylation sites (tertiary alicyclic amines) is 1. The quantitative estimate of drug-likeness (QED) is 0.0745. The Kier molecular flexibility index (Phi) is 13.7. The molecule has 224 valence electrons. The van der Waals surface area contributed by atoms with E-state index in [4.69, 9.17) is 4.74 Å². The highest BCUT2D eigenvalue weighted by molar-refractivity contribution is 9.10. The second-order valence-corrected chi connectivity index (χ2v) is 11.9. The van der Waals surface area contributed by atoms with Gasteiger partial charge in [0.15, 0.2) is 11.5 Å². The molecule has 1 amide bonds. The summed E-state index contributed by atoms with van der Waals surface area (Å²) >= 11 is 3.39. The molecule has 41 heavy (non-hydrogen) atoms. The largest absolute Gasteiger partial charge is 0.507 e. The van der Waals surface area contributed by atoms with Crippen LogP contribution in [-0.2, 0) is 9.59 Å². The summed E-state index contributed by atoms with van der Waals surface area (Å²) in [6.07, 6.45) is 17.3. The molecule has 1 fully saturated rings. The number of nitrogens with zero attached hydrogens (tertiary/aromatic N) is 1. The van der Waals surface area contributed by atoms with Gasteiger partial charge in [0.1, 0.15) is 5.76 Å². The maximum Gasteiger partial charge on any atom is 0.295 e. The predicted octanol–water partition coefficient (Wildman–Crippen LogP) is 9.07. The van der Waals surface area contributed by atoms with Crippen molar-refractivity contribution in [3.05, 3.63) is 63.6 Å². The number of halogens is 1. The summed E-state index contributed by atoms with van der Waals surface area (Å²) in [4.78, 5) is 28.0. The summed E-state index contributed by atoms with van der Waals surface area (Å²) in [5, 5.41) is 21.3. The van der Waals surface area contributed by atoms with Crippen LogP contribution in [0.3, 0.4) is 0 Å². The van der Waals surface area contributed by atoms with Crippen LogP contribution in [0, 0.1) is 0 Å². The van der Waals surface area contributed by atoms with Crippen LogP contribution in [0.15, 0.2) is 52.5 Å². The topological polar surface area (TPSA) is 87.1 Å². The average molecular weight is 629 g/mol. The number of methoxy groups -OCH3 is 1. The van der Waals surface area contributed by atoms with Crippen molar-refractivity contribution in [2.75, 3.05) is 13.7 Å². The molecule has 0 saturated carbocycles. The predicted molar refractivity (Wildman–Crippen MR) is 168 cm³/mol. The van der Waals surface area contributed by atoms with Gasteiger partial charge >= 0.3 is 0 Å². The molecule has 1 aliphatic heterocycles. The fourth-order valence-corrected chi connectivity index (χ4v) is 5.83. The summed E-state index contributed by atoms with van der Waals surface area (Å²) < 4.78 is 6.13. The molecule has 0 radical (unpaired) electrons. The third kappa shape index (κ3) is 9.35. The molecule has 1 atom stereocenters. The molecular formula is C34H46BrNO5. The van der Waals surface area contributed by atoms with E-state index in [-0.39, 0.29) is 22.8 Å². The van der Waals surface area contributed by atoms with E-state index < -0.39 is 17.7 Å². The molecule has 2 N–H and O–H groups in total. The van der Waals surface area contributed by atoms with E-state index in [1.165, 1.54) is 83.8 Å². The average Bonchev–Trinajstić information content (AvgIpc) is 3.22. The number of ether oxygens (including phenoxy) is 1. The van der Waals surface area contributed by atoms with E-state index in [1.807, 2.05) is 0 Å². The summed E-state index contributed by atoms with van der Waals surface area (Å²) in [5.41, 5.74) is 1.11. The zero-order valence-corrected chi connectivity index (χ0v) is 26.3. The molecular weight excluding hydrogens is 582 g/mol. The summed E-state index contributed by atoms with van der Waals surface area (Å²) in [5.74, 6) is -1.32. The Morgan fingerprint density at radius 1 is 0.829 bits per heavy atom. The van der Waals surface area contributed by atoms with Crippen LogP contribution in [0.5, 0.6) is 11.5 Å². The molecule has 2 aromatic rings. The lowest BCUT2D eigenvalue weighted by Gasteiger charge is -2.26. The smallest absolute Gasteiger partial charge is 0.295 e. The number of Topliss-reactive ketones (excluding diaryl/α,β-unsaturated/α-hetero) is 1. The maximum atomic E-state index is 13.3. The minimum absolute atomic E-state index is 0.0342. The monoisotopic (exact) mass is 627 g/mol. The fraction of sp³-hybridized carbons (Fsp3) is 0.529. The number of ketones is 1. The second-order valence-electron chi connectivity index (χ2n) is 11.0. The third-order valence-corrected chi connectivity index (χ3v) is 8.46. The molecule has 2 aromatic carbocycles. The normalized spacial score (nSPS) is 16.5. The number of carbonyl (C=O) groups is 2. The number of unbranched alkanes of at least 4 members (excludes halogenated alkanes) is 13. The number of phenols is 1. The van der Waals surface area contributed by atoms with Crippen molar-refractivity contribution in [1.82, 2.24) is 4.90 Å². The number of amides is 1. The van der Waals surface area contributed by atoms with E-state index in [1.54, 1.807) is 41.3 Å². The number of aliphatic hydroxyl groups is 1. The molecule has 1 heterocycles. The van der Waals surface area contributed by atoms with E-state index in [0.717, 1.165) is 23.7 Å². The van der Waals surface area contributed by atoms with Gasteiger partial charge in [0.2, 0.25) is 0 Å². The van der Waals surface area contributed by atoms with Crippen molar-refractivity contribution < 1.29 is 24.5 Å². The minimum Gasteiger partial charge on any atom is -0.507 e. The zero-order valence-electron chi connectivity index (χ0n) is 24.7. The first-order valence-corrected chi connectivity index (χ1v) is 16.1. The van der Waals surface area contributed by atoms with Gasteiger partial charge in [-0.3, -0.25) is 9.59 Å². The van der Waals surface area contributed by atoms with Crippen LogP contribution in [0.1, 0.15) is 114 Å². The maximum absolute atomic E-state index is 13.3. The molecule has 0 aromatic heterocycles. The van der Waals surface area contributed by atoms with Crippen LogP contribution < -0.4 is 4.74 Å². The molecule has 1 saturated heterocycles.